The molecule has 0 bridgehead atoms. The predicted molar refractivity (Wildman–Crippen MR) is 109 cm³/mol. The maximum Gasteiger partial charge on any atom is 0.247 e. The molecule has 10 heteroatoms. The smallest absolute Gasteiger partial charge is 0.247 e. The Morgan fingerprint density at radius 3 is 2.67 bits per heavy atom. The van der Waals surface area contributed by atoms with Gasteiger partial charge in [0.15, 0.2) is 0 Å². The summed E-state index contributed by atoms with van der Waals surface area (Å²) < 4.78 is 32.2. The van der Waals surface area contributed by atoms with Crippen LogP contribution in [0.5, 0.6) is 0 Å². The Kier molecular flexibility index (Phi) is 3.97. The molecule has 2 aliphatic rings. The first kappa shape index (κ1) is 19.0. The fourth-order valence-corrected chi connectivity index (χ4v) is 6.58. The molecule has 2 atom stereocenters. The van der Waals surface area contributed by atoms with E-state index < -0.39 is 21.5 Å². The highest BCUT2D eigenvalue weighted by molar-refractivity contribution is 7.89. The molecular weight excluding hydrogens is 404 g/mol. The van der Waals surface area contributed by atoms with E-state index >= 15 is 0 Å². The van der Waals surface area contributed by atoms with Gasteiger partial charge < -0.3 is 9.88 Å². The van der Waals surface area contributed by atoms with Crippen LogP contribution in [0.25, 0.3) is 0 Å². The van der Waals surface area contributed by atoms with E-state index in [2.05, 4.69) is 15.4 Å². The lowest BCUT2D eigenvalue weighted by Gasteiger charge is -2.32. The Hall–Kier alpha value is -2.98. The Labute approximate surface area is 174 Å². The molecule has 2 aromatic heterocycles. The van der Waals surface area contributed by atoms with Gasteiger partial charge >= 0.3 is 0 Å². The molecule has 1 fully saturated rings. The van der Waals surface area contributed by atoms with Crippen molar-refractivity contribution < 1.29 is 13.2 Å². The van der Waals surface area contributed by atoms with E-state index in [0.29, 0.717) is 17.9 Å². The van der Waals surface area contributed by atoms with Gasteiger partial charge in [-0.1, -0.05) is 18.2 Å². The lowest BCUT2D eigenvalue weighted by atomic mass is 9.75. The van der Waals surface area contributed by atoms with Gasteiger partial charge in [0.05, 0.1) is 11.9 Å². The molecule has 1 spiro atoms. The Bertz CT molecular complexity index is 1280. The van der Waals surface area contributed by atoms with Crippen LogP contribution in [-0.2, 0) is 34.3 Å². The molecule has 2 unspecified atom stereocenters. The number of hydrogen-bond donors (Lipinski definition) is 1. The molecule has 156 valence electrons. The molecule has 9 nitrogen and oxygen atoms in total. The number of hydrogen-bond acceptors (Lipinski definition) is 5. The Balaban J connectivity index is 1.74. The molecule has 1 amide bonds. The molecule has 30 heavy (non-hydrogen) atoms. The lowest BCUT2D eigenvalue weighted by Crippen LogP contribution is -2.43. The normalized spacial score (nSPS) is 23.8. The summed E-state index contributed by atoms with van der Waals surface area (Å²) in [6.45, 7) is 1.93. The number of anilines is 1. The minimum atomic E-state index is -3.91. The quantitative estimate of drug-likeness (QED) is 0.684. The van der Waals surface area contributed by atoms with Crippen LogP contribution < -0.4 is 5.32 Å². The highest BCUT2D eigenvalue weighted by Crippen LogP contribution is 2.55. The zero-order valence-corrected chi connectivity index (χ0v) is 17.7. The zero-order chi connectivity index (χ0) is 21.3. The van der Waals surface area contributed by atoms with E-state index in [9.17, 15) is 13.2 Å². The van der Waals surface area contributed by atoms with Crippen molar-refractivity contribution in [2.24, 2.45) is 14.1 Å². The number of sulfonamides is 1. The molecule has 4 heterocycles. The average Bonchev–Trinajstić information content (AvgIpc) is 3.45. The minimum absolute atomic E-state index is 0.146. The van der Waals surface area contributed by atoms with Crippen LogP contribution in [-0.4, -0.2) is 44.5 Å². The van der Waals surface area contributed by atoms with Crippen LogP contribution in [0.2, 0.25) is 0 Å². The monoisotopic (exact) mass is 426 g/mol. The predicted octanol–water partition coefficient (Wildman–Crippen LogP) is 1.49. The number of aryl methyl sites for hydroxylation is 2. The summed E-state index contributed by atoms with van der Waals surface area (Å²) in [5, 5.41) is 7.06. The van der Waals surface area contributed by atoms with Crippen LogP contribution in [0.15, 0.2) is 47.8 Å². The van der Waals surface area contributed by atoms with E-state index in [1.807, 2.05) is 31.3 Å². The van der Waals surface area contributed by atoms with Gasteiger partial charge in [0.1, 0.15) is 22.2 Å². The lowest BCUT2D eigenvalue weighted by molar-refractivity contribution is -0.121. The second-order valence-corrected chi connectivity index (χ2v) is 9.71. The highest BCUT2D eigenvalue weighted by Gasteiger charge is 2.62. The molecule has 3 aromatic rings. The molecule has 1 saturated heterocycles. The van der Waals surface area contributed by atoms with Gasteiger partial charge in [-0.25, -0.2) is 13.4 Å². The molecule has 0 saturated carbocycles. The zero-order valence-electron chi connectivity index (χ0n) is 16.9. The second-order valence-electron chi connectivity index (χ2n) is 7.85. The van der Waals surface area contributed by atoms with Gasteiger partial charge in [-0.3, -0.25) is 9.48 Å². The number of benzene rings is 1. The summed E-state index contributed by atoms with van der Waals surface area (Å²) in [7, 11) is -0.395. The third-order valence-corrected chi connectivity index (χ3v) is 8.39. The standard InChI is InChI=1S/C20H22N6O3S/c1-13-16(12-22-25(13)3)30(28,29)26-10-8-20(17(26)18-21-9-11-24(18)2)14-6-4-5-7-15(14)23-19(20)27/h4-7,9,11-12,17H,8,10H2,1-3H3,(H,23,27). The molecular formula is C20H22N6O3S. The SMILES string of the molecule is Cc1c(S(=O)(=O)N2CCC3(C(=O)Nc4ccccc43)C2c2nccn2C)cnn1C. The number of carbonyl (C=O) groups excluding carboxylic acids is 1. The second kappa shape index (κ2) is 6.26. The molecule has 0 aliphatic carbocycles. The van der Waals surface area contributed by atoms with Crippen molar-refractivity contribution >= 4 is 21.6 Å². The number of para-hydroxylation sites is 1. The third kappa shape index (κ3) is 2.31. The van der Waals surface area contributed by atoms with E-state index in [-0.39, 0.29) is 17.3 Å². The number of nitrogens with one attached hydrogen (secondary N) is 1. The van der Waals surface area contributed by atoms with E-state index in [1.165, 1.54) is 15.2 Å². The van der Waals surface area contributed by atoms with Gasteiger partial charge in [-0.2, -0.15) is 9.40 Å². The van der Waals surface area contributed by atoms with Crippen molar-refractivity contribution in [1.82, 2.24) is 23.6 Å². The summed E-state index contributed by atoms with van der Waals surface area (Å²) in [5.74, 6) is 0.335. The van der Waals surface area contributed by atoms with Crippen LogP contribution in [0.3, 0.4) is 0 Å². The van der Waals surface area contributed by atoms with Crippen molar-refractivity contribution in [2.45, 2.75) is 29.7 Å². The first-order valence-electron chi connectivity index (χ1n) is 9.67. The third-order valence-electron chi connectivity index (χ3n) is 6.42. The Morgan fingerprint density at radius 2 is 2.00 bits per heavy atom. The number of carbonyl (C=O) groups is 1. The van der Waals surface area contributed by atoms with Gasteiger partial charge in [0, 0.05) is 38.7 Å². The minimum Gasteiger partial charge on any atom is -0.337 e. The van der Waals surface area contributed by atoms with Crippen molar-refractivity contribution in [1.29, 1.82) is 0 Å². The summed E-state index contributed by atoms with van der Waals surface area (Å²) >= 11 is 0. The van der Waals surface area contributed by atoms with Crippen LogP contribution in [0.4, 0.5) is 5.69 Å². The van der Waals surface area contributed by atoms with Crippen molar-refractivity contribution in [3.63, 3.8) is 0 Å². The molecule has 0 radical (unpaired) electrons. The number of aromatic nitrogens is 4. The number of fused-ring (bicyclic) bond motifs is 2. The fraction of sp³-hybridized carbons (Fsp3) is 0.350. The summed E-state index contributed by atoms with van der Waals surface area (Å²) in [5.41, 5.74) is 1.03. The maximum absolute atomic E-state index is 13.7. The topological polar surface area (TPSA) is 102 Å². The van der Waals surface area contributed by atoms with Gasteiger partial charge in [0.25, 0.3) is 0 Å². The maximum atomic E-state index is 13.7. The first-order chi connectivity index (χ1) is 14.3. The average molecular weight is 427 g/mol. The van der Waals surface area contributed by atoms with Crippen LogP contribution in [0, 0.1) is 6.92 Å². The van der Waals surface area contributed by atoms with E-state index in [0.717, 1.165) is 11.3 Å². The van der Waals surface area contributed by atoms with Crippen LogP contribution in [0.1, 0.15) is 29.5 Å². The van der Waals surface area contributed by atoms with Crippen LogP contribution >= 0.6 is 0 Å². The van der Waals surface area contributed by atoms with Gasteiger partial charge in [0.2, 0.25) is 15.9 Å². The Morgan fingerprint density at radius 1 is 1.23 bits per heavy atom. The van der Waals surface area contributed by atoms with Gasteiger partial charge in [-0.05, 0) is 25.0 Å². The summed E-state index contributed by atoms with van der Waals surface area (Å²) in [6.07, 6.45) is 5.13. The van der Waals surface area contributed by atoms with Gasteiger partial charge in [-0.15, -0.1) is 0 Å². The number of amides is 1. The first-order valence-corrected chi connectivity index (χ1v) is 11.1. The van der Waals surface area contributed by atoms with Crippen molar-refractivity contribution in [3.8, 4) is 0 Å². The molecule has 5 rings (SSSR count). The number of nitrogens with zero attached hydrogens (tertiary/aromatic N) is 5. The number of rotatable bonds is 3. The largest absolute Gasteiger partial charge is 0.337 e. The van der Waals surface area contributed by atoms with Crippen molar-refractivity contribution in [3.05, 3.63) is 59.9 Å². The molecule has 1 aromatic carbocycles. The summed E-state index contributed by atoms with van der Waals surface area (Å²) in [6, 6.07) is 6.70. The molecule has 2 aliphatic heterocycles. The number of imidazole rings is 1. The van der Waals surface area contributed by atoms with E-state index in [1.54, 1.807) is 30.9 Å². The molecule has 1 N–H and O–H groups in total. The summed E-state index contributed by atoms with van der Waals surface area (Å²) in [4.78, 5) is 18.0. The fourth-order valence-electron chi connectivity index (χ4n) is 4.76. The van der Waals surface area contributed by atoms with E-state index in [4.69, 9.17) is 0 Å². The van der Waals surface area contributed by atoms with Crippen molar-refractivity contribution in [2.75, 3.05) is 11.9 Å². The highest BCUT2D eigenvalue weighted by atomic mass is 32.2.